The van der Waals surface area contributed by atoms with Crippen LogP contribution in [0.25, 0.3) is 0 Å². The van der Waals surface area contributed by atoms with Crippen molar-refractivity contribution in [3.8, 4) is 0 Å². The number of likely N-dealkylation sites (tertiary alicyclic amines) is 2. The Labute approximate surface area is 165 Å². The number of hydrogen-bond acceptors (Lipinski definition) is 3. The molecule has 0 aromatic heterocycles. The highest BCUT2D eigenvalue weighted by molar-refractivity contribution is 6.09. The summed E-state index contributed by atoms with van der Waals surface area (Å²) in [7, 11) is 0. The summed E-state index contributed by atoms with van der Waals surface area (Å²) in [5.74, 6) is -0.496. The predicted molar refractivity (Wildman–Crippen MR) is 104 cm³/mol. The molecule has 0 unspecified atom stereocenters. The van der Waals surface area contributed by atoms with Gasteiger partial charge in [0.15, 0.2) is 0 Å². The Bertz CT molecular complexity index is 798. The Hall–Kier alpha value is -2.43. The summed E-state index contributed by atoms with van der Waals surface area (Å²) in [6.45, 7) is 1.44. The third-order valence-electron chi connectivity index (χ3n) is 7.04. The Balaban J connectivity index is 1.46. The van der Waals surface area contributed by atoms with Gasteiger partial charge in [-0.3, -0.25) is 19.3 Å². The molecule has 5 heteroatoms. The van der Waals surface area contributed by atoms with Gasteiger partial charge in [0.05, 0.1) is 11.8 Å². The van der Waals surface area contributed by atoms with Gasteiger partial charge in [0.2, 0.25) is 17.7 Å². The van der Waals surface area contributed by atoms with E-state index in [4.69, 9.17) is 0 Å². The van der Waals surface area contributed by atoms with Gasteiger partial charge in [-0.25, -0.2) is 0 Å². The van der Waals surface area contributed by atoms with Gasteiger partial charge in [0.1, 0.15) is 6.04 Å². The average molecular weight is 378 g/mol. The lowest BCUT2D eigenvalue weighted by atomic mass is 9.85. The van der Waals surface area contributed by atoms with Crippen LogP contribution in [0.5, 0.6) is 0 Å². The molecule has 0 N–H and O–H groups in total. The number of carbonyl (C=O) groups is 3. The van der Waals surface area contributed by atoms with Crippen LogP contribution in [-0.2, 0) is 20.8 Å². The summed E-state index contributed by atoms with van der Waals surface area (Å²) in [6, 6.07) is 9.02. The largest absolute Gasteiger partial charge is 0.341 e. The number of allylic oxidation sites excluding steroid dienone is 2. The van der Waals surface area contributed by atoms with E-state index in [2.05, 4.69) is 12.2 Å². The van der Waals surface area contributed by atoms with Crippen molar-refractivity contribution in [1.29, 1.82) is 0 Å². The summed E-state index contributed by atoms with van der Waals surface area (Å²) in [5.41, 5.74) is 0.983. The van der Waals surface area contributed by atoms with E-state index in [0.717, 1.165) is 44.3 Å². The molecule has 1 aromatic carbocycles. The van der Waals surface area contributed by atoms with Crippen molar-refractivity contribution in [3.05, 3.63) is 48.0 Å². The minimum atomic E-state index is -0.717. The Kier molecular flexibility index (Phi) is 4.33. The molecule has 2 saturated heterocycles. The standard InChI is InChI=1S/C23H26N2O3/c26-21(24-11-5-2-6-12-24)18(13-15-7-3-1-4-8-15)25-22(27)19-16-9-10-17(14-16)20(19)23(25)28/h1,3-4,7-10,16-20H,2,5-6,11-14H2/t16-,17-,18-,19-,20+/m0/s1. The highest BCUT2D eigenvalue weighted by atomic mass is 16.2. The van der Waals surface area contributed by atoms with E-state index in [1.54, 1.807) is 0 Å². The summed E-state index contributed by atoms with van der Waals surface area (Å²) in [5, 5.41) is 0. The number of carbonyl (C=O) groups excluding carboxylic acids is 3. The van der Waals surface area contributed by atoms with Gasteiger partial charge < -0.3 is 4.90 Å². The SMILES string of the molecule is O=C([C@H](Cc1ccccc1)N1C(=O)[C@@H]2[C@H](C1=O)[C@H]1C=C[C@H]2C1)N1CCCCC1. The number of nitrogens with zero attached hydrogens (tertiary/aromatic N) is 2. The van der Waals surface area contributed by atoms with E-state index in [1.165, 1.54) is 4.90 Å². The van der Waals surface area contributed by atoms with Gasteiger partial charge in [-0.1, -0.05) is 42.5 Å². The fraction of sp³-hybridized carbons (Fsp3) is 0.522. The van der Waals surface area contributed by atoms with Crippen LogP contribution in [0.1, 0.15) is 31.2 Å². The second-order valence-corrected chi connectivity index (χ2v) is 8.64. The van der Waals surface area contributed by atoms with E-state index in [1.807, 2.05) is 35.2 Å². The molecule has 0 spiro atoms. The molecule has 5 atom stereocenters. The van der Waals surface area contributed by atoms with Gasteiger partial charge in [0.25, 0.3) is 0 Å². The summed E-state index contributed by atoms with van der Waals surface area (Å²) in [4.78, 5) is 43.3. The number of imide groups is 1. The number of piperidine rings is 1. The highest BCUT2D eigenvalue weighted by Crippen LogP contribution is 2.53. The molecule has 3 fully saturated rings. The molecule has 146 valence electrons. The van der Waals surface area contributed by atoms with E-state index in [9.17, 15) is 14.4 Å². The van der Waals surface area contributed by atoms with Crippen LogP contribution in [0, 0.1) is 23.7 Å². The molecule has 2 aliphatic carbocycles. The molecular formula is C23H26N2O3. The summed E-state index contributed by atoms with van der Waals surface area (Å²) >= 11 is 0. The molecule has 2 bridgehead atoms. The van der Waals surface area contributed by atoms with Crippen molar-refractivity contribution in [2.45, 2.75) is 38.1 Å². The zero-order valence-electron chi connectivity index (χ0n) is 16.0. The van der Waals surface area contributed by atoms with Crippen molar-refractivity contribution in [2.24, 2.45) is 23.7 Å². The number of hydrogen-bond donors (Lipinski definition) is 0. The third-order valence-corrected chi connectivity index (χ3v) is 7.04. The van der Waals surface area contributed by atoms with Crippen molar-refractivity contribution in [3.63, 3.8) is 0 Å². The van der Waals surface area contributed by atoms with E-state index >= 15 is 0 Å². The molecule has 2 heterocycles. The highest BCUT2D eigenvalue weighted by Gasteiger charge is 2.61. The first-order valence-electron chi connectivity index (χ1n) is 10.5. The maximum Gasteiger partial charge on any atom is 0.246 e. The summed E-state index contributed by atoms with van der Waals surface area (Å²) < 4.78 is 0. The van der Waals surface area contributed by atoms with Crippen LogP contribution in [0.2, 0.25) is 0 Å². The Morgan fingerprint density at radius 2 is 1.54 bits per heavy atom. The maximum absolute atomic E-state index is 13.4. The molecule has 0 radical (unpaired) electrons. The topological polar surface area (TPSA) is 57.7 Å². The minimum absolute atomic E-state index is 0.0643. The zero-order valence-corrected chi connectivity index (χ0v) is 16.0. The van der Waals surface area contributed by atoms with Gasteiger partial charge >= 0.3 is 0 Å². The number of fused-ring (bicyclic) bond motifs is 5. The van der Waals surface area contributed by atoms with Crippen molar-refractivity contribution < 1.29 is 14.4 Å². The van der Waals surface area contributed by atoms with E-state index in [-0.39, 0.29) is 41.4 Å². The van der Waals surface area contributed by atoms with Crippen molar-refractivity contribution in [2.75, 3.05) is 13.1 Å². The average Bonchev–Trinajstić information content (AvgIpc) is 3.41. The minimum Gasteiger partial charge on any atom is -0.341 e. The monoisotopic (exact) mass is 378 g/mol. The van der Waals surface area contributed by atoms with E-state index < -0.39 is 6.04 Å². The molecule has 28 heavy (non-hydrogen) atoms. The number of benzene rings is 1. The van der Waals surface area contributed by atoms with Crippen molar-refractivity contribution in [1.82, 2.24) is 9.80 Å². The fourth-order valence-corrected chi connectivity index (χ4v) is 5.68. The lowest BCUT2D eigenvalue weighted by Gasteiger charge is -2.34. The lowest BCUT2D eigenvalue weighted by molar-refractivity contribution is -0.152. The van der Waals surface area contributed by atoms with Crippen LogP contribution >= 0.6 is 0 Å². The first kappa shape index (κ1) is 17.7. The lowest BCUT2D eigenvalue weighted by Crippen LogP contribution is -2.53. The number of rotatable bonds is 4. The quantitative estimate of drug-likeness (QED) is 0.597. The molecule has 1 saturated carbocycles. The Morgan fingerprint density at radius 1 is 0.929 bits per heavy atom. The van der Waals surface area contributed by atoms with Gasteiger partial charge in [0, 0.05) is 19.5 Å². The third kappa shape index (κ3) is 2.71. The molecule has 3 amide bonds. The predicted octanol–water partition coefficient (Wildman–Crippen LogP) is 2.42. The first-order valence-corrected chi connectivity index (χ1v) is 10.5. The van der Waals surface area contributed by atoms with Crippen LogP contribution in [0.15, 0.2) is 42.5 Å². The normalized spacial score (nSPS) is 32.1. The maximum atomic E-state index is 13.4. The smallest absolute Gasteiger partial charge is 0.246 e. The van der Waals surface area contributed by atoms with Gasteiger partial charge in [-0.05, 0) is 43.1 Å². The van der Waals surface area contributed by atoms with Crippen molar-refractivity contribution >= 4 is 17.7 Å². The second kappa shape index (κ2) is 6.87. The first-order chi connectivity index (χ1) is 13.6. The molecule has 5 nitrogen and oxygen atoms in total. The molecule has 2 aliphatic heterocycles. The van der Waals surface area contributed by atoms with Crippen LogP contribution in [0.3, 0.4) is 0 Å². The van der Waals surface area contributed by atoms with Gasteiger partial charge in [-0.15, -0.1) is 0 Å². The Morgan fingerprint density at radius 3 is 2.14 bits per heavy atom. The summed E-state index contributed by atoms with van der Waals surface area (Å²) in [6.07, 6.45) is 8.61. The zero-order chi connectivity index (χ0) is 19.3. The molecule has 1 aromatic rings. The van der Waals surface area contributed by atoms with Crippen LogP contribution in [0.4, 0.5) is 0 Å². The van der Waals surface area contributed by atoms with Gasteiger partial charge in [-0.2, -0.15) is 0 Å². The molecular weight excluding hydrogens is 352 g/mol. The molecule has 4 aliphatic rings. The van der Waals surface area contributed by atoms with E-state index in [0.29, 0.717) is 6.42 Å². The van der Waals surface area contributed by atoms with Crippen LogP contribution < -0.4 is 0 Å². The fourth-order valence-electron chi connectivity index (χ4n) is 5.68. The second-order valence-electron chi connectivity index (χ2n) is 8.64. The number of amides is 3. The van der Waals surface area contributed by atoms with Crippen LogP contribution in [-0.4, -0.2) is 46.7 Å². The molecule has 5 rings (SSSR count).